The van der Waals surface area contributed by atoms with Crippen LogP contribution in [0.2, 0.25) is 5.02 Å². The second-order valence-corrected chi connectivity index (χ2v) is 5.71. The van der Waals surface area contributed by atoms with Crippen molar-refractivity contribution < 1.29 is 18.0 Å². The normalized spacial score (nSPS) is 11.1. The van der Waals surface area contributed by atoms with Gasteiger partial charge in [-0.15, -0.1) is 0 Å². The Morgan fingerprint density at radius 3 is 2.73 bits per heavy atom. The van der Waals surface area contributed by atoms with Gasteiger partial charge in [0.2, 0.25) is 5.91 Å². The first kappa shape index (κ1) is 19.6. The van der Waals surface area contributed by atoms with E-state index in [4.69, 9.17) is 11.6 Å². The molecule has 6 nitrogen and oxygen atoms in total. The second-order valence-electron chi connectivity index (χ2n) is 5.30. The number of halogens is 4. The van der Waals surface area contributed by atoms with Crippen LogP contribution in [0.4, 0.5) is 19.0 Å². The summed E-state index contributed by atoms with van der Waals surface area (Å²) in [5.41, 5.74) is -0.616. The summed E-state index contributed by atoms with van der Waals surface area (Å²) in [7, 11) is 0. The molecule has 0 radical (unpaired) electrons. The molecule has 1 aromatic heterocycles. The molecule has 0 aliphatic carbocycles. The minimum absolute atomic E-state index is 0.126. The van der Waals surface area contributed by atoms with Gasteiger partial charge in [-0.1, -0.05) is 18.5 Å². The molecule has 26 heavy (non-hydrogen) atoms. The third-order valence-electron chi connectivity index (χ3n) is 3.38. The lowest BCUT2D eigenvalue weighted by Crippen LogP contribution is -2.31. The number of carbonyl (C=O) groups is 1. The van der Waals surface area contributed by atoms with E-state index in [2.05, 4.69) is 15.7 Å². The van der Waals surface area contributed by atoms with Crippen molar-refractivity contribution in [1.29, 1.82) is 5.26 Å². The van der Waals surface area contributed by atoms with Crippen LogP contribution in [0.15, 0.2) is 24.4 Å². The number of aromatic nitrogens is 2. The van der Waals surface area contributed by atoms with Crippen molar-refractivity contribution in [2.75, 3.05) is 18.4 Å². The molecule has 10 heteroatoms. The molecule has 1 aromatic carbocycles. The highest BCUT2D eigenvalue weighted by atomic mass is 35.5. The Balaban J connectivity index is 2.32. The SMILES string of the molecule is CCCNC(=O)CNc1c(C#N)cnn1-c1ccc(C(F)(F)F)cc1Cl. The van der Waals surface area contributed by atoms with E-state index < -0.39 is 11.7 Å². The van der Waals surface area contributed by atoms with Gasteiger partial charge in [-0.2, -0.15) is 23.5 Å². The lowest BCUT2D eigenvalue weighted by molar-refractivity contribution is -0.137. The number of nitriles is 1. The van der Waals surface area contributed by atoms with Crippen molar-refractivity contribution in [3.63, 3.8) is 0 Å². The number of nitrogens with one attached hydrogen (secondary N) is 2. The highest BCUT2D eigenvalue weighted by Gasteiger charge is 2.31. The number of benzene rings is 1. The zero-order valence-electron chi connectivity index (χ0n) is 13.7. The molecule has 0 fully saturated rings. The molecule has 1 amide bonds. The number of carbonyl (C=O) groups excluding carboxylic acids is 1. The van der Waals surface area contributed by atoms with E-state index in [1.165, 1.54) is 10.9 Å². The van der Waals surface area contributed by atoms with Gasteiger partial charge in [0.05, 0.1) is 29.0 Å². The third-order valence-corrected chi connectivity index (χ3v) is 3.68. The van der Waals surface area contributed by atoms with Crippen LogP contribution in [0.25, 0.3) is 5.69 Å². The summed E-state index contributed by atoms with van der Waals surface area (Å²) in [4.78, 5) is 11.7. The topological polar surface area (TPSA) is 82.7 Å². The molecule has 0 atom stereocenters. The number of alkyl halides is 3. The van der Waals surface area contributed by atoms with E-state index in [0.29, 0.717) is 6.54 Å². The Morgan fingerprint density at radius 2 is 2.15 bits per heavy atom. The van der Waals surface area contributed by atoms with Gasteiger partial charge in [0.1, 0.15) is 17.5 Å². The molecule has 0 aliphatic rings. The Kier molecular flexibility index (Phi) is 6.10. The van der Waals surface area contributed by atoms with Crippen LogP contribution in [0.1, 0.15) is 24.5 Å². The third kappa shape index (κ3) is 4.46. The first-order chi connectivity index (χ1) is 12.3. The average Bonchev–Trinajstić information content (AvgIpc) is 2.99. The molecule has 0 unspecified atom stereocenters. The highest BCUT2D eigenvalue weighted by molar-refractivity contribution is 6.32. The zero-order chi connectivity index (χ0) is 19.3. The van der Waals surface area contributed by atoms with Crippen LogP contribution in [0.5, 0.6) is 0 Å². The summed E-state index contributed by atoms with van der Waals surface area (Å²) in [5.74, 6) is -0.122. The molecule has 2 rings (SSSR count). The largest absolute Gasteiger partial charge is 0.416 e. The van der Waals surface area contributed by atoms with Crippen LogP contribution in [0.3, 0.4) is 0 Å². The van der Waals surface area contributed by atoms with Crippen molar-refractivity contribution in [2.24, 2.45) is 0 Å². The van der Waals surface area contributed by atoms with Gasteiger partial charge in [0, 0.05) is 6.54 Å². The predicted molar refractivity (Wildman–Crippen MR) is 90.1 cm³/mol. The summed E-state index contributed by atoms with van der Waals surface area (Å²) >= 11 is 5.97. The summed E-state index contributed by atoms with van der Waals surface area (Å²) in [6.45, 7) is 2.29. The van der Waals surface area contributed by atoms with E-state index in [1.807, 2.05) is 13.0 Å². The molecule has 1 heterocycles. The minimum atomic E-state index is -4.53. The lowest BCUT2D eigenvalue weighted by atomic mass is 10.2. The van der Waals surface area contributed by atoms with Gasteiger partial charge in [0.15, 0.2) is 0 Å². The zero-order valence-corrected chi connectivity index (χ0v) is 14.4. The fourth-order valence-corrected chi connectivity index (χ4v) is 2.39. The number of amides is 1. The molecular formula is C16H15ClF3N5O. The minimum Gasteiger partial charge on any atom is -0.360 e. The van der Waals surface area contributed by atoms with Crippen LogP contribution < -0.4 is 10.6 Å². The molecule has 0 bridgehead atoms. The van der Waals surface area contributed by atoms with Gasteiger partial charge in [-0.05, 0) is 24.6 Å². The molecule has 0 saturated heterocycles. The van der Waals surface area contributed by atoms with Gasteiger partial charge in [0.25, 0.3) is 0 Å². The summed E-state index contributed by atoms with van der Waals surface area (Å²) < 4.78 is 39.5. The highest BCUT2D eigenvalue weighted by Crippen LogP contribution is 2.34. The first-order valence-electron chi connectivity index (χ1n) is 7.63. The van der Waals surface area contributed by atoms with Crippen LogP contribution in [-0.2, 0) is 11.0 Å². The molecule has 0 saturated carbocycles. The first-order valence-corrected chi connectivity index (χ1v) is 8.01. The lowest BCUT2D eigenvalue weighted by Gasteiger charge is -2.13. The Hall–Kier alpha value is -2.73. The van der Waals surface area contributed by atoms with Gasteiger partial charge in [-0.25, -0.2) is 4.68 Å². The quantitative estimate of drug-likeness (QED) is 0.798. The van der Waals surface area contributed by atoms with E-state index in [1.54, 1.807) is 0 Å². The maximum Gasteiger partial charge on any atom is 0.416 e. The number of nitrogens with zero attached hydrogens (tertiary/aromatic N) is 3. The molecule has 0 spiro atoms. The van der Waals surface area contributed by atoms with Gasteiger partial charge >= 0.3 is 6.18 Å². The Labute approximate surface area is 152 Å². The molecule has 2 N–H and O–H groups in total. The number of hydrogen-bond acceptors (Lipinski definition) is 4. The second kappa shape index (κ2) is 8.10. The average molecular weight is 386 g/mol. The maximum absolute atomic E-state index is 12.8. The van der Waals surface area contributed by atoms with Crippen LogP contribution in [0, 0.1) is 11.3 Å². The Bertz CT molecular complexity index is 841. The molecular weight excluding hydrogens is 371 g/mol. The van der Waals surface area contributed by atoms with Gasteiger partial charge < -0.3 is 10.6 Å². The van der Waals surface area contributed by atoms with E-state index in [9.17, 15) is 23.2 Å². The van der Waals surface area contributed by atoms with E-state index in [0.717, 1.165) is 24.6 Å². The summed E-state index contributed by atoms with van der Waals surface area (Å²) in [6, 6.07) is 4.71. The fraction of sp³-hybridized carbons (Fsp3) is 0.312. The predicted octanol–water partition coefficient (Wildman–Crippen LogP) is 3.35. The number of anilines is 1. The molecule has 2 aromatic rings. The van der Waals surface area contributed by atoms with E-state index in [-0.39, 0.29) is 34.5 Å². The van der Waals surface area contributed by atoms with Crippen molar-refractivity contribution in [3.05, 3.63) is 40.5 Å². The monoisotopic (exact) mass is 385 g/mol. The Morgan fingerprint density at radius 1 is 1.42 bits per heavy atom. The number of hydrogen-bond donors (Lipinski definition) is 2. The van der Waals surface area contributed by atoms with Crippen LogP contribution >= 0.6 is 11.6 Å². The van der Waals surface area contributed by atoms with Crippen LogP contribution in [-0.4, -0.2) is 28.8 Å². The maximum atomic E-state index is 12.8. The van der Waals surface area contributed by atoms with Gasteiger partial charge in [-0.3, -0.25) is 4.79 Å². The number of rotatable bonds is 6. The fourth-order valence-electron chi connectivity index (χ4n) is 2.13. The molecule has 0 aliphatic heterocycles. The summed E-state index contributed by atoms with van der Waals surface area (Å²) in [6.07, 6.45) is -2.52. The molecule has 138 valence electrons. The van der Waals surface area contributed by atoms with Crippen molar-refractivity contribution in [2.45, 2.75) is 19.5 Å². The standard InChI is InChI=1S/C16H15ClF3N5O/c1-2-5-22-14(26)9-23-15-10(7-21)8-24-25(15)13-4-3-11(6-12(13)17)16(18,19)20/h3-4,6,8,23H,2,5,9H2,1H3,(H,22,26). The van der Waals surface area contributed by atoms with Crippen molar-refractivity contribution >= 4 is 23.3 Å². The summed E-state index contributed by atoms with van der Waals surface area (Å²) in [5, 5.41) is 18.4. The van der Waals surface area contributed by atoms with E-state index >= 15 is 0 Å². The smallest absolute Gasteiger partial charge is 0.360 e. The van der Waals surface area contributed by atoms with Crippen molar-refractivity contribution in [3.8, 4) is 11.8 Å². The van der Waals surface area contributed by atoms with Crippen molar-refractivity contribution in [1.82, 2.24) is 15.1 Å².